The fourth-order valence-corrected chi connectivity index (χ4v) is 18.9. The van der Waals surface area contributed by atoms with Crippen molar-refractivity contribution in [3.8, 4) is 162 Å². The van der Waals surface area contributed by atoms with Crippen molar-refractivity contribution in [3.05, 3.63) is 144 Å². The van der Waals surface area contributed by atoms with Crippen molar-refractivity contribution in [2.45, 2.75) is 464 Å². The first-order chi connectivity index (χ1) is 73.1. The van der Waals surface area contributed by atoms with Crippen molar-refractivity contribution in [2.75, 3.05) is 0 Å². The van der Waals surface area contributed by atoms with E-state index in [0.29, 0.717) is 71.5 Å². The molecule has 0 amide bonds. The first-order valence-electron chi connectivity index (χ1n) is 58.3. The largest absolute Gasteiger partial charge is 0.427 e. The number of hydrogen-bond acceptors (Lipinski definition) is 10. The SMILES string of the molecule is CCCCCCCCCCC#CC#CCCCCCCCCC(=O)Oc1ccc(-c2c3nc(c(-c4ccc(OC(=O)CCCCCCCCC#CC#CCCCCCCCCCC)cc4)c4ccc([nH]4)c(-c4ccc(OC(=O)CCCCCCCCC#CC#CCCCCCCCCCC)cc4)c4nc(c(-c5ccc(OC(=O)CCCCCCCCC#CC#CCCCCCCCCCC)cc5)c5ccc2[nH]5)C=C4)C=C3)cc1. The molecule has 0 spiro atoms. The molecule has 12 nitrogen and oxygen atoms in total. The van der Waals surface area contributed by atoms with E-state index in [-0.39, 0.29) is 23.9 Å². The zero-order chi connectivity index (χ0) is 104. The van der Waals surface area contributed by atoms with Gasteiger partial charge in [-0.15, -0.1) is 0 Å². The summed E-state index contributed by atoms with van der Waals surface area (Å²) in [6.45, 7) is 9.05. The number of carbonyl (C=O) groups excluding carboxylic acids is 4. The van der Waals surface area contributed by atoms with E-state index in [1.165, 1.54) is 180 Å². The Bertz CT molecular complexity index is 5130. The van der Waals surface area contributed by atoms with Gasteiger partial charge in [-0.3, -0.25) is 19.2 Å². The third-order valence-electron chi connectivity index (χ3n) is 27.6. The molecule has 2 aliphatic rings. The van der Waals surface area contributed by atoms with Crippen LogP contribution in [-0.2, 0) is 19.2 Å². The van der Waals surface area contributed by atoms with Gasteiger partial charge in [0.2, 0.25) is 0 Å². The summed E-state index contributed by atoms with van der Waals surface area (Å²) in [5, 5.41) is 0. The normalized spacial score (nSPS) is 10.9. The number of hydrogen-bond donors (Lipinski definition) is 2. The maximum Gasteiger partial charge on any atom is 0.311 e. The maximum atomic E-state index is 13.6. The van der Waals surface area contributed by atoms with Crippen LogP contribution in [0.15, 0.2) is 121 Å². The van der Waals surface area contributed by atoms with Crippen molar-refractivity contribution in [2.24, 2.45) is 0 Å². The smallest absolute Gasteiger partial charge is 0.311 e. The standard InChI is InChI=1S/C136H174N4O8/c1-5-9-13-17-21-25-29-33-37-41-45-49-53-57-61-65-69-73-77-81-85-129(141)145-117-97-89-113(90-98-117)133-121-105-107-123(137-121)134(114-91-99-118(100-92-114)146-130(142)86-82-78-74-70-66-62-58-54-50-46-42-38-34-30-26-22-18-14-10-6-2)125-109-111-127(139-125)136(116-95-103-120(104-96-116)148-132(144)88-84-80-76-72-68-64-60-56-52-48-44-40-36-32-28-24-20-16-12-8-4)128-112-110-126(140-128)135(124-108-106-122(133)138-124)115-93-101-119(102-94-115)147-131(143)87-83-79-75-71-67-63-59-55-51-47-43-39-35-31-27-23-19-15-11-7-3/h89-112,137,140H,5-40,57-88H2,1-4H3. The van der Waals surface area contributed by atoms with Crippen molar-refractivity contribution in [3.63, 3.8) is 0 Å². The number of benzene rings is 4. The minimum absolute atomic E-state index is 0.270. The predicted molar refractivity (Wildman–Crippen MR) is 622 cm³/mol. The molecular weight excluding hydrogens is 1820 g/mol. The number of unbranched alkanes of at least 4 members (excludes halogenated alkanes) is 56. The van der Waals surface area contributed by atoms with Crippen LogP contribution in [0.2, 0.25) is 0 Å². The van der Waals surface area contributed by atoms with Gasteiger partial charge in [0, 0.05) is 121 Å². The van der Waals surface area contributed by atoms with Crippen molar-refractivity contribution >= 4 is 70.2 Å². The van der Waals surface area contributed by atoms with Gasteiger partial charge in [0.15, 0.2) is 0 Å². The first kappa shape index (κ1) is 119. The second-order valence-electron chi connectivity index (χ2n) is 40.3. The summed E-state index contributed by atoms with van der Waals surface area (Å²) in [4.78, 5) is 73.2. The maximum absolute atomic E-state index is 13.6. The molecule has 0 fully saturated rings. The van der Waals surface area contributed by atoms with Crippen LogP contribution in [0.1, 0.15) is 487 Å². The zero-order valence-electron chi connectivity index (χ0n) is 91.1. The predicted octanol–water partition coefficient (Wildman–Crippen LogP) is 37.6. The molecule has 0 saturated heterocycles. The summed E-state index contributed by atoms with van der Waals surface area (Å²) in [6, 6.07) is 38.9. The highest BCUT2D eigenvalue weighted by Gasteiger charge is 2.22. The highest BCUT2D eigenvalue weighted by molar-refractivity contribution is 6.00. The van der Waals surface area contributed by atoms with Crippen molar-refractivity contribution in [1.29, 1.82) is 0 Å². The molecule has 7 aromatic rings. The molecule has 786 valence electrons. The second kappa shape index (κ2) is 78.1. The van der Waals surface area contributed by atoms with Gasteiger partial charge < -0.3 is 28.9 Å². The Balaban J connectivity index is 0.924. The van der Waals surface area contributed by atoms with Gasteiger partial charge in [-0.1, -0.05) is 406 Å². The van der Waals surface area contributed by atoms with Crippen LogP contribution >= 0.6 is 0 Å². The molecule has 148 heavy (non-hydrogen) atoms. The fraction of sp³-hybridized carbons (Fsp3) is 0.529. The summed E-state index contributed by atoms with van der Waals surface area (Å²) < 4.78 is 24.2. The number of aromatic nitrogens is 4. The zero-order valence-corrected chi connectivity index (χ0v) is 91.1. The van der Waals surface area contributed by atoms with Gasteiger partial charge in [0.25, 0.3) is 0 Å². The summed E-state index contributed by atoms with van der Waals surface area (Å²) in [5.74, 6) is 51.2. The molecule has 0 unspecified atom stereocenters. The molecule has 5 heterocycles. The van der Waals surface area contributed by atoms with Crippen LogP contribution in [0.25, 0.3) is 90.9 Å². The molecular formula is C136H174N4O8. The Kier molecular flexibility index (Phi) is 63.0. The Morgan fingerprint density at radius 2 is 0.345 bits per heavy atom. The van der Waals surface area contributed by atoms with E-state index < -0.39 is 0 Å². The second-order valence-corrected chi connectivity index (χ2v) is 40.3. The first-order valence-corrected chi connectivity index (χ1v) is 58.3. The Labute approximate surface area is 893 Å². The third kappa shape index (κ3) is 50.7. The number of fused-ring (bicyclic) bond motifs is 8. The number of carbonyl (C=O) groups is 4. The van der Waals surface area contributed by atoms with Crippen molar-refractivity contribution < 1.29 is 38.1 Å². The summed E-state index contributed by atoms with van der Waals surface area (Å²) >= 11 is 0. The molecule has 8 bridgehead atoms. The molecule has 12 heteroatoms. The van der Waals surface area contributed by atoms with E-state index in [1.807, 2.05) is 121 Å². The summed E-state index contributed by atoms with van der Waals surface area (Å²) in [7, 11) is 0. The molecule has 3 aromatic heterocycles. The third-order valence-corrected chi connectivity index (χ3v) is 27.6. The van der Waals surface area contributed by atoms with E-state index in [0.717, 1.165) is 298 Å². The molecule has 0 atom stereocenters. The number of ether oxygens (including phenoxy) is 4. The summed E-state index contributed by atoms with van der Waals surface area (Å²) in [6.07, 6.45) is 82.2. The number of H-pyrrole nitrogens is 2. The molecule has 0 aliphatic carbocycles. The van der Waals surface area contributed by atoms with E-state index in [4.69, 9.17) is 28.9 Å². The molecule has 0 radical (unpaired) electrons. The van der Waals surface area contributed by atoms with Crippen molar-refractivity contribution in [1.82, 2.24) is 19.9 Å². The van der Waals surface area contributed by atoms with Gasteiger partial charge in [0.05, 0.1) is 22.8 Å². The molecule has 4 aromatic carbocycles. The highest BCUT2D eigenvalue weighted by atomic mass is 16.5. The molecule has 2 N–H and O–H groups in total. The minimum atomic E-state index is -0.270. The van der Waals surface area contributed by atoms with E-state index in [9.17, 15) is 19.2 Å². The van der Waals surface area contributed by atoms with E-state index in [2.05, 4.69) is 157 Å². The Hall–Kier alpha value is -12.2. The highest BCUT2D eigenvalue weighted by Crippen LogP contribution is 2.41. The van der Waals surface area contributed by atoms with E-state index in [1.54, 1.807) is 0 Å². The van der Waals surface area contributed by atoms with Crippen LogP contribution in [0.3, 0.4) is 0 Å². The minimum Gasteiger partial charge on any atom is -0.427 e. The quantitative estimate of drug-likeness (QED) is 0.0162. The lowest BCUT2D eigenvalue weighted by molar-refractivity contribution is -0.135. The number of nitrogens with zero attached hydrogens (tertiary/aromatic N) is 2. The number of esters is 4. The topological polar surface area (TPSA) is 163 Å². The van der Waals surface area contributed by atoms with Crippen LogP contribution in [0, 0.1) is 94.7 Å². The van der Waals surface area contributed by atoms with Crippen LogP contribution in [0.5, 0.6) is 23.0 Å². The average molecular weight is 1990 g/mol. The van der Waals surface area contributed by atoms with Crippen LogP contribution in [-0.4, -0.2) is 43.8 Å². The number of nitrogens with one attached hydrogen (secondary N) is 2. The molecule has 0 saturated carbocycles. The lowest BCUT2D eigenvalue weighted by atomic mass is 10.0. The average Bonchev–Trinajstić information content (AvgIpc) is 1.61. The van der Waals surface area contributed by atoms with Gasteiger partial charge in [-0.25, -0.2) is 9.97 Å². The van der Waals surface area contributed by atoms with Gasteiger partial charge >= 0.3 is 23.9 Å². The number of rotatable bonds is 72. The monoisotopic (exact) mass is 1990 g/mol. The Morgan fingerprint density at radius 1 is 0.196 bits per heavy atom. The van der Waals surface area contributed by atoms with Crippen LogP contribution in [0.4, 0.5) is 0 Å². The number of aromatic amines is 2. The molecule has 2 aliphatic heterocycles. The lowest BCUT2D eigenvalue weighted by Crippen LogP contribution is -2.07. The Morgan fingerprint density at radius 3 is 0.507 bits per heavy atom. The molecule has 9 rings (SSSR count). The van der Waals surface area contributed by atoms with Gasteiger partial charge in [0.1, 0.15) is 23.0 Å². The van der Waals surface area contributed by atoms with E-state index >= 15 is 0 Å². The van der Waals surface area contributed by atoms with Gasteiger partial charge in [-0.05, 0) is 244 Å². The fourth-order valence-electron chi connectivity index (χ4n) is 18.9. The van der Waals surface area contributed by atoms with Crippen LogP contribution < -0.4 is 18.9 Å². The lowest BCUT2D eigenvalue weighted by Gasteiger charge is -2.09. The van der Waals surface area contributed by atoms with Gasteiger partial charge in [-0.2, -0.15) is 0 Å². The summed E-state index contributed by atoms with van der Waals surface area (Å²) in [5.41, 5.74) is 12.3.